The van der Waals surface area contributed by atoms with Crippen LogP contribution in [0.1, 0.15) is 5.56 Å². The third-order valence-electron chi connectivity index (χ3n) is 3.06. The van der Waals surface area contributed by atoms with E-state index in [0.717, 1.165) is 25.3 Å². The average molecular weight is 362 g/mol. The van der Waals surface area contributed by atoms with Gasteiger partial charge in [0.05, 0.1) is 5.03 Å². The van der Waals surface area contributed by atoms with Gasteiger partial charge in [0, 0.05) is 25.8 Å². The minimum absolute atomic E-state index is 0.0843. The second kappa shape index (κ2) is 5.83. The van der Waals surface area contributed by atoms with Gasteiger partial charge in [-0.25, -0.2) is 0 Å². The minimum Gasteiger partial charge on any atom is -0.409 e. The van der Waals surface area contributed by atoms with Crippen molar-refractivity contribution in [1.29, 1.82) is 0 Å². The van der Waals surface area contributed by atoms with Crippen LogP contribution < -0.4 is 5.73 Å². The van der Waals surface area contributed by atoms with Gasteiger partial charge in [0.2, 0.25) is 0 Å². The summed E-state index contributed by atoms with van der Waals surface area (Å²) in [6.45, 7) is 0. The molecule has 0 amide bonds. The van der Waals surface area contributed by atoms with Crippen molar-refractivity contribution in [2.24, 2.45) is 10.9 Å². The molecule has 0 bridgehead atoms. The number of hydrogen-bond donors (Lipinski definition) is 3. The van der Waals surface area contributed by atoms with Gasteiger partial charge in [0.15, 0.2) is 5.84 Å². The number of aromatic amines is 1. The number of oxime groups is 1. The summed E-state index contributed by atoms with van der Waals surface area (Å²) >= 11 is 4.98. The molecule has 0 saturated carbocycles. The molecule has 4 nitrogen and oxygen atoms in total. The molecule has 0 spiro atoms. The summed E-state index contributed by atoms with van der Waals surface area (Å²) in [7, 11) is 0. The topological polar surface area (TPSA) is 74.4 Å². The van der Waals surface area contributed by atoms with E-state index in [1.165, 1.54) is 0 Å². The molecule has 0 aliphatic heterocycles. The molecule has 3 aromatic rings. The summed E-state index contributed by atoms with van der Waals surface area (Å²) in [5.74, 6) is 0.0843. The lowest BCUT2D eigenvalue weighted by Crippen LogP contribution is -2.15. The van der Waals surface area contributed by atoms with Gasteiger partial charge in [-0.1, -0.05) is 41.2 Å². The van der Waals surface area contributed by atoms with E-state index in [4.69, 9.17) is 10.9 Å². The highest BCUT2D eigenvalue weighted by molar-refractivity contribution is 9.10. The zero-order valence-electron chi connectivity index (χ0n) is 10.9. The zero-order valence-corrected chi connectivity index (χ0v) is 13.3. The van der Waals surface area contributed by atoms with Crippen LogP contribution in [-0.2, 0) is 0 Å². The lowest BCUT2D eigenvalue weighted by molar-refractivity contribution is 0.318. The highest BCUT2D eigenvalue weighted by Gasteiger charge is 2.13. The van der Waals surface area contributed by atoms with Crippen LogP contribution in [-0.4, -0.2) is 16.0 Å². The normalized spacial score (nSPS) is 12.0. The van der Waals surface area contributed by atoms with Crippen molar-refractivity contribution in [3.63, 3.8) is 0 Å². The van der Waals surface area contributed by atoms with Crippen LogP contribution in [0.2, 0.25) is 0 Å². The largest absolute Gasteiger partial charge is 0.409 e. The number of hydrogen-bond acceptors (Lipinski definition) is 3. The maximum atomic E-state index is 8.94. The lowest BCUT2D eigenvalue weighted by atomic mass is 10.2. The van der Waals surface area contributed by atoms with Gasteiger partial charge in [0.25, 0.3) is 0 Å². The van der Waals surface area contributed by atoms with Crippen LogP contribution >= 0.6 is 27.7 Å². The zero-order chi connectivity index (χ0) is 14.8. The molecule has 21 heavy (non-hydrogen) atoms. The fourth-order valence-corrected chi connectivity index (χ4v) is 3.86. The number of fused-ring (bicyclic) bond motifs is 1. The molecule has 6 heteroatoms. The van der Waals surface area contributed by atoms with E-state index in [9.17, 15) is 0 Å². The lowest BCUT2D eigenvalue weighted by Gasteiger charge is -2.08. The van der Waals surface area contributed by atoms with Crippen molar-refractivity contribution in [3.05, 3.63) is 58.6 Å². The monoisotopic (exact) mass is 361 g/mol. The number of para-hydroxylation sites is 1. The molecule has 0 aliphatic carbocycles. The molecule has 0 atom stereocenters. The molecule has 2 aromatic carbocycles. The van der Waals surface area contributed by atoms with E-state index < -0.39 is 0 Å². The number of rotatable bonds is 3. The van der Waals surface area contributed by atoms with Gasteiger partial charge in [0.1, 0.15) is 0 Å². The first-order chi connectivity index (χ1) is 10.2. The first-order valence-corrected chi connectivity index (χ1v) is 7.82. The fourth-order valence-electron chi connectivity index (χ4n) is 2.11. The minimum atomic E-state index is 0.0843. The second-order valence-corrected chi connectivity index (χ2v) is 6.36. The van der Waals surface area contributed by atoms with Gasteiger partial charge in [-0.05, 0) is 40.2 Å². The van der Waals surface area contributed by atoms with Gasteiger partial charge in [-0.15, -0.1) is 0 Å². The Bertz CT molecular complexity index is 796. The smallest absolute Gasteiger partial charge is 0.172 e. The number of halogens is 1. The number of aromatic nitrogens is 1. The van der Waals surface area contributed by atoms with Crippen LogP contribution in [0.4, 0.5) is 0 Å². The summed E-state index contributed by atoms with van der Waals surface area (Å²) in [5.41, 5.74) is 7.54. The van der Waals surface area contributed by atoms with Gasteiger partial charge in [-0.2, -0.15) is 0 Å². The number of amidine groups is 1. The summed E-state index contributed by atoms with van der Waals surface area (Å²) < 4.78 is 0.791. The highest BCUT2D eigenvalue weighted by atomic mass is 79.9. The summed E-state index contributed by atoms with van der Waals surface area (Å²) in [6.07, 6.45) is 0. The molecule has 106 valence electrons. The third-order valence-corrected chi connectivity index (χ3v) is 4.73. The quantitative estimate of drug-likeness (QED) is 0.283. The molecule has 0 saturated heterocycles. The average Bonchev–Trinajstić information content (AvgIpc) is 2.89. The van der Waals surface area contributed by atoms with E-state index in [0.29, 0.717) is 5.56 Å². The molecular weight excluding hydrogens is 350 g/mol. The molecule has 3 rings (SSSR count). The highest BCUT2D eigenvalue weighted by Crippen LogP contribution is 2.34. The van der Waals surface area contributed by atoms with Crippen molar-refractivity contribution < 1.29 is 5.21 Å². The summed E-state index contributed by atoms with van der Waals surface area (Å²) in [4.78, 5) is 4.26. The Hall–Kier alpha value is -1.92. The number of nitrogens with two attached hydrogens (primary N) is 1. The Balaban J connectivity index is 2.03. The first-order valence-electron chi connectivity index (χ1n) is 6.21. The van der Waals surface area contributed by atoms with Gasteiger partial charge >= 0.3 is 0 Å². The Morgan fingerprint density at radius 2 is 2.00 bits per heavy atom. The molecule has 4 N–H and O–H groups in total. The summed E-state index contributed by atoms with van der Waals surface area (Å²) in [6, 6.07) is 15.9. The van der Waals surface area contributed by atoms with Crippen molar-refractivity contribution in [1.82, 2.24) is 4.98 Å². The number of nitrogens with zero attached hydrogens (tertiary/aromatic N) is 1. The van der Waals surface area contributed by atoms with Crippen LogP contribution in [0, 0.1) is 0 Å². The van der Waals surface area contributed by atoms with Crippen LogP contribution in [0.5, 0.6) is 0 Å². The summed E-state index contributed by atoms with van der Waals surface area (Å²) in [5, 5.41) is 14.2. The van der Waals surface area contributed by atoms with Crippen molar-refractivity contribution >= 4 is 44.4 Å². The van der Waals surface area contributed by atoms with E-state index in [1.807, 2.05) is 36.4 Å². The predicted molar refractivity (Wildman–Crippen MR) is 89.1 cm³/mol. The predicted octanol–water partition coefficient (Wildman–Crippen LogP) is 4.18. The van der Waals surface area contributed by atoms with Crippen molar-refractivity contribution in [2.75, 3.05) is 0 Å². The van der Waals surface area contributed by atoms with Crippen molar-refractivity contribution in [3.8, 4) is 0 Å². The standard InChI is InChI=1S/C15H12BrN3OS/c16-10-5-3-7-12(14(10)15(17)19-20)21-13-8-9-4-1-2-6-11(9)18-13/h1-8,18,20H,(H2,17,19). The fraction of sp³-hybridized carbons (Fsp3) is 0. The Labute approximate surface area is 134 Å². The van der Waals surface area contributed by atoms with E-state index >= 15 is 0 Å². The van der Waals surface area contributed by atoms with Crippen LogP contribution in [0.3, 0.4) is 0 Å². The Morgan fingerprint density at radius 3 is 2.76 bits per heavy atom. The number of H-pyrrole nitrogens is 1. The molecule has 0 fully saturated rings. The molecule has 0 radical (unpaired) electrons. The van der Waals surface area contributed by atoms with Crippen LogP contribution in [0.15, 0.2) is 68.1 Å². The Kier molecular flexibility index (Phi) is 3.90. The van der Waals surface area contributed by atoms with Crippen molar-refractivity contribution in [2.45, 2.75) is 9.92 Å². The maximum absolute atomic E-state index is 8.94. The second-order valence-electron chi connectivity index (χ2n) is 4.42. The Morgan fingerprint density at radius 1 is 1.19 bits per heavy atom. The molecule has 0 aliphatic rings. The van der Waals surface area contributed by atoms with E-state index in [2.05, 4.69) is 38.2 Å². The first kappa shape index (κ1) is 14.0. The molecule has 0 unspecified atom stereocenters. The SMILES string of the molecule is N/C(=N/O)c1c(Br)cccc1Sc1cc2ccccc2[nH]1. The maximum Gasteiger partial charge on any atom is 0.172 e. The van der Waals surface area contributed by atoms with Crippen LogP contribution in [0.25, 0.3) is 10.9 Å². The van der Waals surface area contributed by atoms with Gasteiger partial charge in [-0.3, -0.25) is 0 Å². The third kappa shape index (κ3) is 2.77. The van der Waals surface area contributed by atoms with E-state index in [1.54, 1.807) is 11.8 Å². The van der Waals surface area contributed by atoms with E-state index in [-0.39, 0.29) is 5.84 Å². The molecular formula is C15H12BrN3OS. The van der Waals surface area contributed by atoms with Gasteiger partial charge < -0.3 is 15.9 Å². The number of nitrogens with one attached hydrogen (secondary N) is 1. The molecule has 1 heterocycles. The number of benzene rings is 2. The molecule has 1 aromatic heterocycles.